The molecule has 3 rings (SSSR count). The van der Waals surface area contributed by atoms with Crippen LogP contribution in [0.1, 0.15) is 34.4 Å². The summed E-state index contributed by atoms with van der Waals surface area (Å²) >= 11 is 0. The van der Waals surface area contributed by atoms with Crippen molar-refractivity contribution in [2.24, 2.45) is 0 Å². The second-order valence-electron chi connectivity index (χ2n) is 6.02. The van der Waals surface area contributed by atoms with Gasteiger partial charge in [-0.15, -0.1) is 5.10 Å². The number of nitrogens with one attached hydrogen (secondary N) is 1. The molecule has 0 spiro atoms. The van der Waals surface area contributed by atoms with Crippen molar-refractivity contribution in [1.82, 2.24) is 15.0 Å². The van der Waals surface area contributed by atoms with Crippen LogP contribution in [0.2, 0.25) is 0 Å². The summed E-state index contributed by atoms with van der Waals surface area (Å²) in [5, 5.41) is 10.5. The van der Waals surface area contributed by atoms with Crippen LogP contribution < -0.4 is 5.32 Å². The average molecular weight is 404 g/mol. The van der Waals surface area contributed by atoms with Gasteiger partial charge in [0.05, 0.1) is 11.8 Å². The van der Waals surface area contributed by atoms with E-state index in [0.717, 1.165) is 12.1 Å². The lowest BCUT2D eigenvalue weighted by atomic mass is 10.1. The molecule has 0 aliphatic heterocycles. The van der Waals surface area contributed by atoms with Crippen LogP contribution in [0.25, 0.3) is 6.08 Å². The van der Waals surface area contributed by atoms with Gasteiger partial charge < -0.3 is 9.73 Å². The van der Waals surface area contributed by atoms with E-state index in [2.05, 4.69) is 15.5 Å². The Labute approximate surface area is 162 Å². The van der Waals surface area contributed by atoms with Crippen molar-refractivity contribution in [3.8, 4) is 0 Å². The van der Waals surface area contributed by atoms with Crippen LogP contribution in [0, 0.1) is 0 Å². The second-order valence-corrected chi connectivity index (χ2v) is 6.02. The van der Waals surface area contributed by atoms with Crippen molar-refractivity contribution in [2.75, 3.05) is 5.32 Å². The number of benzene rings is 1. The number of anilines is 1. The molecule has 1 aromatic carbocycles. The number of rotatable bonds is 6. The van der Waals surface area contributed by atoms with E-state index < -0.39 is 17.6 Å². The summed E-state index contributed by atoms with van der Waals surface area (Å²) in [5.41, 5.74) is -0.321. The van der Waals surface area contributed by atoms with Gasteiger partial charge in [-0.1, -0.05) is 12.1 Å². The largest absolute Gasteiger partial charge is 0.456 e. The number of ketones is 1. The summed E-state index contributed by atoms with van der Waals surface area (Å²) in [6.45, 7) is 1.56. The molecule has 1 amide bonds. The zero-order valence-corrected chi connectivity index (χ0v) is 15.1. The second kappa shape index (κ2) is 8.13. The van der Waals surface area contributed by atoms with Crippen LogP contribution in [0.3, 0.4) is 0 Å². The molecule has 0 saturated heterocycles. The van der Waals surface area contributed by atoms with E-state index >= 15 is 0 Å². The van der Waals surface area contributed by atoms with Gasteiger partial charge in [-0.2, -0.15) is 23.1 Å². The van der Waals surface area contributed by atoms with Crippen LogP contribution in [0.4, 0.5) is 19.0 Å². The molecule has 0 atom stereocenters. The lowest BCUT2D eigenvalue weighted by Crippen LogP contribution is -2.09. The Morgan fingerprint density at radius 2 is 1.90 bits per heavy atom. The van der Waals surface area contributed by atoms with Gasteiger partial charge in [0, 0.05) is 13.0 Å². The molecule has 0 saturated carbocycles. The Balaban J connectivity index is 1.57. The Bertz CT molecular complexity index is 1050. The highest BCUT2D eigenvalue weighted by Gasteiger charge is 2.29. The fourth-order valence-corrected chi connectivity index (χ4v) is 2.35. The molecule has 0 bridgehead atoms. The van der Waals surface area contributed by atoms with Crippen molar-refractivity contribution >= 4 is 23.6 Å². The maximum absolute atomic E-state index is 12.5. The summed E-state index contributed by atoms with van der Waals surface area (Å²) in [4.78, 5) is 24.4. The fourth-order valence-electron chi connectivity index (χ4n) is 2.35. The molecule has 150 valence electrons. The van der Waals surface area contributed by atoms with E-state index in [4.69, 9.17) is 4.42 Å². The number of furan rings is 1. The standard InChI is InChI=1S/C19H15F3N4O3/c1-12(27)16-8-7-15(29-16)11-26-23-10-17(25-26)24-18(28)9-4-13-2-5-14(6-3-13)19(20,21)22/h2-10H,11H2,1H3,(H,24,25,28). The number of amides is 1. The molecule has 3 aromatic rings. The molecule has 2 aromatic heterocycles. The topological polar surface area (TPSA) is 90.0 Å². The van der Waals surface area contributed by atoms with Gasteiger partial charge >= 0.3 is 6.18 Å². The maximum atomic E-state index is 12.5. The Morgan fingerprint density at radius 3 is 2.52 bits per heavy atom. The van der Waals surface area contributed by atoms with Crippen molar-refractivity contribution in [2.45, 2.75) is 19.6 Å². The minimum absolute atomic E-state index is 0.171. The summed E-state index contributed by atoms with van der Waals surface area (Å²) in [5.74, 6) is 0.177. The molecular formula is C19H15F3N4O3. The van der Waals surface area contributed by atoms with Gasteiger partial charge in [0.1, 0.15) is 12.3 Å². The first-order chi connectivity index (χ1) is 13.7. The molecule has 0 unspecified atom stereocenters. The van der Waals surface area contributed by atoms with Crippen LogP contribution in [-0.4, -0.2) is 26.7 Å². The van der Waals surface area contributed by atoms with Gasteiger partial charge in [-0.25, -0.2) is 0 Å². The van der Waals surface area contributed by atoms with Crippen LogP contribution in [0.15, 0.2) is 53.1 Å². The Morgan fingerprint density at radius 1 is 1.17 bits per heavy atom. The van der Waals surface area contributed by atoms with E-state index in [1.165, 1.54) is 42.2 Å². The molecule has 7 nitrogen and oxygen atoms in total. The van der Waals surface area contributed by atoms with Gasteiger partial charge in [-0.3, -0.25) is 9.59 Å². The van der Waals surface area contributed by atoms with Gasteiger partial charge in [0.15, 0.2) is 17.4 Å². The number of carbonyl (C=O) groups is 2. The third-order valence-electron chi connectivity index (χ3n) is 3.76. The van der Waals surface area contributed by atoms with Crippen molar-refractivity contribution < 1.29 is 27.2 Å². The van der Waals surface area contributed by atoms with Crippen molar-refractivity contribution in [1.29, 1.82) is 0 Å². The third kappa shape index (κ3) is 5.41. The van der Waals surface area contributed by atoms with Gasteiger partial charge in [0.25, 0.3) is 0 Å². The Hall–Kier alpha value is -3.69. The van der Waals surface area contributed by atoms with Crippen molar-refractivity contribution in [3.05, 3.63) is 71.3 Å². The molecule has 0 fully saturated rings. The van der Waals surface area contributed by atoms with Crippen molar-refractivity contribution in [3.63, 3.8) is 0 Å². The third-order valence-corrected chi connectivity index (χ3v) is 3.76. The first kappa shape index (κ1) is 20.1. The van der Waals surface area contributed by atoms with E-state index in [-0.39, 0.29) is 23.9 Å². The molecule has 1 N–H and O–H groups in total. The zero-order chi connectivity index (χ0) is 21.0. The number of carbonyl (C=O) groups excluding carboxylic acids is 2. The maximum Gasteiger partial charge on any atom is 0.416 e. The first-order valence-electron chi connectivity index (χ1n) is 8.37. The quantitative estimate of drug-likeness (QED) is 0.499. The molecule has 0 aliphatic carbocycles. The van der Waals surface area contributed by atoms with Gasteiger partial charge in [0.2, 0.25) is 5.91 Å². The van der Waals surface area contributed by atoms with E-state index in [1.54, 1.807) is 12.1 Å². The van der Waals surface area contributed by atoms with Crippen LogP contribution in [-0.2, 0) is 17.5 Å². The smallest absolute Gasteiger partial charge is 0.416 e. The summed E-state index contributed by atoms with van der Waals surface area (Å²) < 4.78 is 42.9. The molecule has 0 aliphatic rings. The van der Waals surface area contributed by atoms with Crippen LogP contribution >= 0.6 is 0 Å². The SMILES string of the molecule is CC(=O)c1ccc(Cn2ncc(NC(=O)C=Cc3ccc(C(F)(F)F)cc3)n2)o1. The number of Topliss-reactive ketones (excluding diaryl/α,β-unsaturated/α-hetero) is 1. The Kier molecular flexibility index (Phi) is 5.62. The number of hydrogen-bond donors (Lipinski definition) is 1. The molecule has 29 heavy (non-hydrogen) atoms. The number of hydrogen-bond acceptors (Lipinski definition) is 5. The van der Waals surface area contributed by atoms with E-state index in [0.29, 0.717) is 11.3 Å². The highest BCUT2D eigenvalue weighted by molar-refractivity contribution is 6.01. The minimum atomic E-state index is -4.41. The number of alkyl halides is 3. The highest BCUT2D eigenvalue weighted by atomic mass is 19.4. The predicted octanol–water partition coefficient (Wildman–Crippen LogP) is 3.79. The predicted molar refractivity (Wildman–Crippen MR) is 96.9 cm³/mol. The average Bonchev–Trinajstić information content (AvgIpc) is 3.30. The number of aromatic nitrogens is 3. The monoisotopic (exact) mass is 404 g/mol. The lowest BCUT2D eigenvalue weighted by molar-refractivity contribution is -0.137. The van der Waals surface area contributed by atoms with E-state index in [1.807, 2.05) is 0 Å². The first-order valence-corrected chi connectivity index (χ1v) is 8.37. The lowest BCUT2D eigenvalue weighted by Gasteiger charge is -2.05. The zero-order valence-electron chi connectivity index (χ0n) is 15.1. The minimum Gasteiger partial charge on any atom is -0.456 e. The number of halogens is 3. The fraction of sp³-hybridized carbons (Fsp3) is 0.158. The number of nitrogens with zero attached hydrogens (tertiary/aromatic N) is 3. The highest BCUT2D eigenvalue weighted by Crippen LogP contribution is 2.29. The molecule has 2 heterocycles. The summed E-state index contributed by atoms with van der Waals surface area (Å²) in [6.07, 6.45) is -0.521. The summed E-state index contributed by atoms with van der Waals surface area (Å²) in [7, 11) is 0. The van der Waals surface area contributed by atoms with Crippen LogP contribution in [0.5, 0.6) is 0 Å². The molecule has 0 radical (unpaired) electrons. The normalized spacial score (nSPS) is 11.7. The van der Waals surface area contributed by atoms with E-state index in [9.17, 15) is 22.8 Å². The molecule has 10 heteroatoms. The molecular weight excluding hydrogens is 389 g/mol. The summed E-state index contributed by atoms with van der Waals surface area (Å²) in [6, 6.07) is 7.59. The van der Waals surface area contributed by atoms with Gasteiger partial charge in [-0.05, 0) is 35.9 Å².